The first-order valence-corrected chi connectivity index (χ1v) is 8.14. The molecule has 2 aromatic rings. The van der Waals surface area contributed by atoms with E-state index in [2.05, 4.69) is 5.32 Å². The highest BCUT2D eigenvalue weighted by molar-refractivity contribution is 5.92. The molecule has 2 N–H and O–H groups in total. The summed E-state index contributed by atoms with van der Waals surface area (Å²) in [6.07, 6.45) is 1.75. The van der Waals surface area contributed by atoms with Gasteiger partial charge in [-0.15, -0.1) is 0 Å². The van der Waals surface area contributed by atoms with E-state index in [0.29, 0.717) is 24.3 Å². The van der Waals surface area contributed by atoms with Crippen LogP contribution in [0.25, 0.3) is 10.9 Å². The summed E-state index contributed by atoms with van der Waals surface area (Å²) in [5.41, 5.74) is 0.468. The third-order valence-electron chi connectivity index (χ3n) is 4.71. The molecule has 126 valence electrons. The molecule has 0 amide bonds. The van der Waals surface area contributed by atoms with Gasteiger partial charge in [-0.3, -0.25) is 4.79 Å². The van der Waals surface area contributed by atoms with Crippen molar-refractivity contribution in [2.24, 2.45) is 0 Å². The van der Waals surface area contributed by atoms with Crippen LogP contribution in [0, 0.1) is 5.82 Å². The molecule has 0 atom stereocenters. The number of piperazine rings is 1. The van der Waals surface area contributed by atoms with Crippen molar-refractivity contribution in [3.63, 3.8) is 0 Å². The van der Waals surface area contributed by atoms with Crippen LogP contribution in [-0.2, 0) is 0 Å². The maximum Gasteiger partial charge on any atom is 0.352 e. The first kappa shape index (κ1) is 15.1. The lowest BCUT2D eigenvalue weighted by Crippen LogP contribution is -2.43. The molecule has 4 rings (SSSR count). The van der Waals surface area contributed by atoms with Crippen LogP contribution in [0.3, 0.4) is 0 Å². The second-order valence-corrected chi connectivity index (χ2v) is 6.36. The fraction of sp³-hybridized carbons (Fsp3) is 0.412. The van der Waals surface area contributed by atoms with Gasteiger partial charge in [-0.25, -0.2) is 9.18 Å². The molecule has 24 heavy (non-hydrogen) atoms. The number of rotatable bonds is 3. The zero-order chi connectivity index (χ0) is 16.8. The number of halogens is 1. The third-order valence-corrected chi connectivity index (χ3v) is 4.71. The van der Waals surface area contributed by atoms with E-state index in [0.717, 1.165) is 32.0 Å². The molecule has 1 aliphatic heterocycles. The lowest BCUT2D eigenvalue weighted by molar-refractivity contribution is 0.0684. The molecule has 1 saturated carbocycles. The molecular weight excluding hydrogens is 313 g/mol. The number of hydrogen-bond donors (Lipinski definition) is 2. The Hall–Kier alpha value is -2.41. The molecule has 0 bridgehead atoms. The van der Waals surface area contributed by atoms with E-state index in [1.807, 2.05) is 4.90 Å². The van der Waals surface area contributed by atoms with E-state index in [1.54, 1.807) is 10.6 Å². The van der Waals surface area contributed by atoms with Crippen molar-refractivity contribution in [2.75, 3.05) is 31.1 Å². The number of nitrogens with one attached hydrogen (secondary N) is 1. The first-order chi connectivity index (χ1) is 11.6. The van der Waals surface area contributed by atoms with E-state index in [1.165, 1.54) is 6.07 Å². The minimum atomic E-state index is -1.13. The molecule has 2 fully saturated rings. The van der Waals surface area contributed by atoms with Crippen LogP contribution < -0.4 is 15.6 Å². The maximum atomic E-state index is 14.6. The van der Waals surface area contributed by atoms with Crippen LogP contribution in [0.4, 0.5) is 10.1 Å². The lowest BCUT2D eigenvalue weighted by atomic mass is 10.1. The fourth-order valence-electron chi connectivity index (χ4n) is 3.39. The quantitative estimate of drug-likeness (QED) is 0.893. The highest BCUT2D eigenvalue weighted by atomic mass is 19.1. The van der Waals surface area contributed by atoms with Crippen molar-refractivity contribution in [1.82, 2.24) is 9.88 Å². The third kappa shape index (κ3) is 2.45. The highest BCUT2D eigenvalue weighted by Gasteiger charge is 2.30. The van der Waals surface area contributed by atoms with Crippen LogP contribution in [0.1, 0.15) is 29.4 Å². The van der Waals surface area contributed by atoms with E-state index >= 15 is 0 Å². The van der Waals surface area contributed by atoms with E-state index in [9.17, 15) is 19.1 Å². The van der Waals surface area contributed by atoms with Crippen LogP contribution in [0.2, 0.25) is 0 Å². The molecule has 1 aromatic carbocycles. The number of carboxylic acids is 1. The molecule has 2 heterocycles. The zero-order valence-electron chi connectivity index (χ0n) is 13.1. The predicted octanol–water partition coefficient (Wildman–Crippen LogP) is 1.58. The van der Waals surface area contributed by atoms with Crippen molar-refractivity contribution in [3.05, 3.63) is 39.9 Å². The van der Waals surface area contributed by atoms with Crippen molar-refractivity contribution >= 4 is 22.6 Å². The number of aromatic carboxylic acids is 1. The Morgan fingerprint density at radius 3 is 2.54 bits per heavy atom. The van der Waals surface area contributed by atoms with E-state index < -0.39 is 17.2 Å². The number of carboxylic acid groups (broad SMARTS) is 1. The predicted molar refractivity (Wildman–Crippen MR) is 88.5 cm³/mol. The summed E-state index contributed by atoms with van der Waals surface area (Å²) in [6, 6.07) is 4.06. The van der Waals surface area contributed by atoms with Crippen molar-refractivity contribution in [1.29, 1.82) is 0 Å². The van der Waals surface area contributed by atoms with Gasteiger partial charge in [0.05, 0.1) is 11.2 Å². The Balaban J connectivity index is 1.97. The van der Waals surface area contributed by atoms with Crippen LogP contribution in [0.5, 0.6) is 0 Å². The number of benzene rings is 1. The normalized spacial score (nSPS) is 18.1. The number of hydrogen-bond acceptors (Lipinski definition) is 4. The van der Waals surface area contributed by atoms with E-state index in [-0.39, 0.29) is 17.1 Å². The van der Waals surface area contributed by atoms with Gasteiger partial charge in [-0.05, 0) is 25.0 Å². The number of pyridine rings is 1. The standard InChI is InChI=1S/C17H18FN3O3/c18-12-7-11-13(8-14(12)20-5-3-19-4-6-20)21(10-1-2-10)15(17(23)24)9-16(11)22/h7-10,19H,1-6H2,(H,23,24). The summed E-state index contributed by atoms with van der Waals surface area (Å²) in [5, 5.41) is 12.9. The van der Waals surface area contributed by atoms with Gasteiger partial charge in [-0.1, -0.05) is 0 Å². The first-order valence-electron chi connectivity index (χ1n) is 8.14. The Kier molecular flexibility index (Phi) is 3.53. The Morgan fingerprint density at radius 1 is 1.21 bits per heavy atom. The van der Waals surface area contributed by atoms with Crippen molar-refractivity contribution in [2.45, 2.75) is 18.9 Å². The summed E-state index contributed by atoms with van der Waals surface area (Å²) in [7, 11) is 0. The molecule has 2 aliphatic rings. The topological polar surface area (TPSA) is 74.6 Å². The van der Waals surface area contributed by atoms with Crippen molar-refractivity contribution < 1.29 is 14.3 Å². The molecule has 7 heteroatoms. The fourth-order valence-corrected chi connectivity index (χ4v) is 3.39. The minimum absolute atomic E-state index is 0.0205. The Labute approximate surface area is 137 Å². The largest absolute Gasteiger partial charge is 0.477 e. The Bertz CT molecular complexity index is 883. The summed E-state index contributed by atoms with van der Waals surface area (Å²) >= 11 is 0. The number of aromatic nitrogens is 1. The SMILES string of the molecule is O=C(O)c1cc(=O)c2cc(F)c(N3CCNCC3)cc2n1C1CC1. The molecular formula is C17H18FN3O3. The van der Waals surface area contributed by atoms with Gasteiger partial charge >= 0.3 is 5.97 Å². The molecule has 1 saturated heterocycles. The van der Waals surface area contributed by atoms with Crippen molar-refractivity contribution in [3.8, 4) is 0 Å². The monoisotopic (exact) mass is 331 g/mol. The van der Waals surface area contributed by atoms with Crippen LogP contribution in [-0.4, -0.2) is 41.8 Å². The van der Waals surface area contributed by atoms with E-state index in [4.69, 9.17) is 0 Å². The Morgan fingerprint density at radius 2 is 1.92 bits per heavy atom. The average Bonchev–Trinajstić information content (AvgIpc) is 3.40. The van der Waals surface area contributed by atoms with Gasteiger partial charge in [0, 0.05) is 43.7 Å². The lowest BCUT2D eigenvalue weighted by Gasteiger charge is -2.30. The van der Waals surface area contributed by atoms with Gasteiger partial charge < -0.3 is 19.9 Å². The summed E-state index contributed by atoms with van der Waals surface area (Å²) in [6.45, 7) is 2.88. The molecule has 0 radical (unpaired) electrons. The summed E-state index contributed by atoms with van der Waals surface area (Å²) in [5.74, 6) is -1.57. The number of fused-ring (bicyclic) bond motifs is 1. The minimum Gasteiger partial charge on any atom is -0.477 e. The highest BCUT2D eigenvalue weighted by Crippen LogP contribution is 2.39. The second-order valence-electron chi connectivity index (χ2n) is 6.36. The molecule has 1 aliphatic carbocycles. The second kappa shape index (κ2) is 5.59. The number of carbonyl (C=O) groups is 1. The molecule has 0 spiro atoms. The summed E-state index contributed by atoms with van der Waals surface area (Å²) < 4.78 is 16.2. The van der Waals surface area contributed by atoms with Crippen LogP contribution >= 0.6 is 0 Å². The van der Waals surface area contributed by atoms with Crippen LogP contribution in [0.15, 0.2) is 23.0 Å². The zero-order valence-corrected chi connectivity index (χ0v) is 13.1. The van der Waals surface area contributed by atoms with Gasteiger partial charge in [0.2, 0.25) is 0 Å². The number of anilines is 1. The van der Waals surface area contributed by atoms with Gasteiger partial charge in [-0.2, -0.15) is 0 Å². The number of nitrogens with zero attached hydrogens (tertiary/aromatic N) is 2. The van der Waals surface area contributed by atoms with Gasteiger partial charge in [0.1, 0.15) is 11.5 Å². The average molecular weight is 331 g/mol. The summed E-state index contributed by atoms with van der Waals surface area (Å²) in [4.78, 5) is 25.8. The molecule has 0 unspecified atom stereocenters. The molecule has 1 aromatic heterocycles. The van der Waals surface area contributed by atoms with Gasteiger partial charge in [0.25, 0.3) is 0 Å². The maximum absolute atomic E-state index is 14.6. The smallest absolute Gasteiger partial charge is 0.352 e. The van der Waals surface area contributed by atoms with Gasteiger partial charge in [0.15, 0.2) is 5.43 Å². The molecule has 6 nitrogen and oxygen atoms in total.